The first-order valence-corrected chi connectivity index (χ1v) is 7.87. The number of guanidine groups is 1. The van der Waals surface area contributed by atoms with Gasteiger partial charge in [-0.05, 0) is 25.3 Å². The number of aromatic nitrogens is 1. The standard InChI is InChI=1S/C16H26N4O/c1-3-11-21-15-13(7-6-10-18-15)12-19-16(17-2)20-14-8-4-5-9-14/h6-7,10,14H,3-5,8-9,11-12H2,1-2H3,(H2,17,19,20). The highest BCUT2D eigenvalue weighted by Gasteiger charge is 2.16. The fraction of sp³-hybridized carbons (Fsp3) is 0.625. The molecule has 1 aromatic rings. The summed E-state index contributed by atoms with van der Waals surface area (Å²) in [4.78, 5) is 8.59. The van der Waals surface area contributed by atoms with E-state index in [0.717, 1.165) is 17.9 Å². The molecule has 1 aliphatic rings. The van der Waals surface area contributed by atoms with Gasteiger partial charge in [0, 0.05) is 31.4 Å². The maximum atomic E-state index is 5.67. The van der Waals surface area contributed by atoms with Crippen LogP contribution in [0.4, 0.5) is 0 Å². The van der Waals surface area contributed by atoms with Gasteiger partial charge in [0.2, 0.25) is 5.88 Å². The number of hydrogen-bond donors (Lipinski definition) is 2. The zero-order valence-electron chi connectivity index (χ0n) is 13.1. The lowest BCUT2D eigenvalue weighted by Crippen LogP contribution is -2.42. The molecular formula is C16H26N4O. The van der Waals surface area contributed by atoms with Crippen LogP contribution in [0.2, 0.25) is 0 Å². The fourth-order valence-electron chi connectivity index (χ4n) is 2.52. The number of nitrogens with zero attached hydrogens (tertiary/aromatic N) is 2. The van der Waals surface area contributed by atoms with E-state index in [-0.39, 0.29) is 0 Å². The van der Waals surface area contributed by atoms with Crippen molar-refractivity contribution < 1.29 is 4.74 Å². The van der Waals surface area contributed by atoms with Crippen LogP contribution in [0.15, 0.2) is 23.3 Å². The molecule has 0 radical (unpaired) electrons. The zero-order valence-corrected chi connectivity index (χ0v) is 13.1. The number of ether oxygens (including phenoxy) is 1. The van der Waals surface area contributed by atoms with Gasteiger partial charge >= 0.3 is 0 Å². The molecule has 1 saturated carbocycles. The summed E-state index contributed by atoms with van der Waals surface area (Å²) in [7, 11) is 1.81. The molecule has 2 rings (SSSR count). The van der Waals surface area contributed by atoms with E-state index < -0.39 is 0 Å². The van der Waals surface area contributed by atoms with Gasteiger partial charge in [-0.1, -0.05) is 25.8 Å². The van der Waals surface area contributed by atoms with Crippen LogP contribution >= 0.6 is 0 Å². The summed E-state index contributed by atoms with van der Waals surface area (Å²) in [5, 5.41) is 6.82. The monoisotopic (exact) mass is 290 g/mol. The second-order valence-electron chi connectivity index (χ2n) is 5.37. The first-order chi connectivity index (χ1) is 10.3. The molecule has 0 amide bonds. The summed E-state index contributed by atoms with van der Waals surface area (Å²) in [6.45, 7) is 3.45. The number of rotatable bonds is 6. The maximum absolute atomic E-state index is 5.67. The Labute approximate surface area is 127 Å². The Morgan fingerprint density at radius 3 is 2.95 bits per heavy atom. The van der Waals surface area contributed by atoms with Gasteiger partial charge in [-0.25, -0.2) is 4.98 Å². The van der Waals surface area contributed by atoms with E-state index in [1.165, 1.54) is 25.7 Å². The molecule has 5 heteroatoms. The highest BCUT2D eigenvalue weighted by molar-refractivity contribution is 5.80. The summed E-state index contributed by atoms with van der Waals surface area (Å²) >= 11 is 0. The molecule has 1 aromatic heterocycles. The Hall–Kier alpha value is -1.78. The zero-order chi connectivity index (χ0) is 14.9. The predicted molar refractivity (Wildman–Crippen MR) is 85.6 cm³/mol. The molecule has 116 valence electrons. The number of hydrogen-bond acceptors (Lipinski definition) is 3. The summed E-state index contributed by atoms with van der Waals surface area (Å²) in [6, 6.07) is 4.53. The van der Waals surface area contributed by atoms with Gasteiger partial charge in [0.1, 0.15) is 0 Å². The van der Waals surface area contributed by atoms with Gasteiger partial charge in [0.25, 0.3) is 0 Å². The summed E-state index contributed by atoms with van der Waals surface area (Å²) in [6.07, 6.45) is 7.84. The number of pyridine rings is 1. The Morgan fingerprint density at radius 2 is 2.24 bits per heavy atom. The lowest BCUT2D eigenvalue weighted by Gasteiger charge is -2.17. The van der Waals surface area contributed by atoms with E-state index in [2.05, 4.69) is 27.5 Å². The van der Waals surface area contributed by atoms with Crippen LogP contribution in [-0.4, -0.2) is 30.6 Å². The SMILES string of the molecule is CCCOc1ncccc1CNC(=NC)NC1CCCC1. The Balaban J connectivity index is 1.88. The van der Waals surface area contributed by atoms with Crippen LogP contribution < -0.4 is 15.4 Å². The molecular weight excluding hydrogens is 264 g/mol. The Kier molecular flexibility index (Phi) is 6.31. The van der Waals surface area contributed by atoms with Crippen molar-refractivity contribution in [2.45, 2.75) is 51.6 Å². The van der Waals surface area contributed by atoms with Crippen molar-refractivity contribution in [2.75, 3.05) is 13.7 Å². The minimum absolute atomic E-state index is 0.556. The molecule has 0 atom stereocenters. The Morgan fingerprint density at radius 1 is 1.43 bits per heavy atom. The second kappa shape index (κ2) is 8.49. The average Bonchev–Trinajstić information content (AvgIpc) is 3.03. The number of nitrogens with one attached hydrogen (secondary N) is 2. The first-order valence-electron chi connectivity index (χ1n) is 7.87. The van der Waals surface area contributed by atoms with Crippen molar-refractivity contribution in [1.82, 2.24) is 15.6 Å². The largest absolute Gasteiger partial charge is 0.477 e. The third kappa shape index (κ3) is 4.92. The van der Waals surface area contributed by atoms with Crippen molar-refractivity contribution in [1.29, 1.82) is 0 Å². The molecule has 21 heavy (non-hydrogen) atoms. The third-order valence-corrected chi connectivity index (χ3v) is 3.66. The van der Waals surface area contributed by atoms with E-state index in [0.29, 0.717) is 25.1 Å². The van der Waals surface area contributed by atoms with Crippen molar-refractivity contribution in [2.24, 2.45) is 4.99 Å². The maximum Gasteiger partial charge on any atom is 0.218 e. The molecule has 0 bridgehead atoms. The summed E-state index contributed by atoms with van der Waals surface area (Å²) in [5.74, 6) is 1.57. The molecule has 0 unspecified atom stereocenters. The van der Waals surface area contributed by atoms with Crippen molar-refractivity contribution in [3.05, 3.63) is 23.9 Å². The predicted octanol–water partition coefficient (Wildman–Crippen LogP) is 2.48. The van der Waals surface area contributed by atoms with Crippen LogP contribution in [0.25, 0.3) is 0 Å². The van der Waals surface area contributed by atoms with E-state index in [9.17, 15) is 0 Å². The number of aliphatic imine (C=N–C) groups is 1. The van der Waals surface area contributed by atoms with Crippen molar-refractivity contribution >= 4 is 5.96 Å². The van der Waals surface area contributed by atoms with Crippen molar-refractivity contribution in [3.8, 4) is 5.88 Å². The lowest BCUT2D eigenvalue weighted by atomic mass is 10.2. The van der Waals surface area contributed by atoms with Crippen LogP contribution in [-0.2, 0) is 6.54 Å². The second-order valence-corrected chi connectivity index (χ2v) is 5.37. The van der Waals surface area contributed by atoms with Crippen LogP contribution in [0.5, 0.6) is 5.88 Å². The average molecular weight is 290 g/mol. The first kappa shape index (κ1) is 15.6. The molecule has 1 fully saturated rings. The van der Waals surface area contributed by atoms with E-state index in [1.54, 1.807) is 6.20 Å². The lowest BCUT2D eigenvalue weighted by molar-refractivity contribution is 0.301. The van der Waals surface area contributed by atoms with Gasteiger partial charge in [-0.15, -0.1) is 0 Å². The quantitative estimate of drug-likeness (QED) is 0.624. The van der Waals surface area contributed by atoms with Gasteiger partial charge in [-0.2, -0.15) is 0 Å². The third-order valence-electron chi connectivity index (χ3n) is 3.66. The highest BCUT2D eigenvalue weighted by Crippen LogP contribution is 2.17. The van der Waals surface area contributed by atoms with E-state index in [4.69, 9.17) is 4.74 Å². The van der Waals surface area contributed by atoms with Crippen LogP contribution in [0.1, 0.15) is 44.6 Å². The molecule has 0 spiro atoms. The minimum atomic E-state index is 0.556. The smallest absolute Gasteiger partial charge is 0.218 e. The molecule has 5 nitrogen and oxygen atoms in total. The molecule has 0 aromatic carbocycles. The fourth-order valence-corrected chi connectivity index (χ4v) is 2.52. The Bertz CT molecular complexity index is 455. The van der Waals surface area contributed by atoms with Crippen LogP contribution in [0, 0.1) is 0 Å². The van der Waals surface area contributed by atoms with Gasteiger partial charge in [-0.3, -0.25) is 4.99 Å². The van der Waals surface area contributed by atoms with E-state index in [1.807, 2.05) is 19.2 Å². The minimum Gasteiger partial charge on any atom is -0.477 e. The topological polar surface area (TPSA) is 58.5 Å². The van der Waals surface area contributed by atoms with Gasteiger partial charge in [0.05, 0.1) is 6.61 Å². The molecule has 1 heterocycles. The molecule has 1 aliphatic carbocycles. The van der Waals surface area contributed by atoms with Gasteiger partial charge < -0.3 is 15.4 Å². The normalized spacial score (nSPS) is 16.0. The molecule has 0 saturated heterocycles. The molecule has 0 aliphatic heterocycles. The molecule has 2 N–H and O–H groups in total. The van der Waals surface area contributed by atoms with Crippen LogP contribution in [0.3, 0.4) is 0 Å². The summed E-state index contributed by atoms with van der Waals surface area (Å²) in [5.41, 5.74) is 1.06. The summed E-state index contributed by atoms with van der Waals surface area (Å²) < 4.78 is 5.67. The van der Waals surface area contributed by atoms with E-state index >= 15 is 0 Å². The van der Waals surface area contributed by atoms with Gasteiger partial charge in [0.15, 0.2) is 5.96 Å². The van der Waals surface area contributed by atoms with Crippen molar-refractivity contribution in [3.63, 3.8) is 0 Å². The highest BCUT2D eigenvalue weighted by atomic mass is 16.5.